The van der Waals surface area contributed by atoms with E-state index in [1.54, 1.807) is 19.9 Å². The number of benzene rings is 1. The Hall–Kier alpha value is -1.15. The second-order valence-electron chi connectivity index (χ2n) is 5.88. The molecule has 1 aromatic carbocycles. The van der Waals surface area contributed by atoms with Crippen LogP contribution in [0, 0.1) is 5.41 Å². The van der Waals surface area contributed by atoms with Gasteiger partial charge in [-0.3, -0.25) is 4.79 Å². The van der Waals surface area contributed by atoms with Crippen molar-refractivity contribution in [3.8, 4) is 0 Å². The van der Waals surface area contributed by atoms with Gasteiger partial charge in [0.15, 0.2) is 0 Å². The van der Waals surface area contributed by atoms with Crippen LogP contribution in [0.2, 0.25) is 5.02 Å². The number of nitrogens with two attached hydrogens (primary N) is 1. The van der Waals surface area contributed by atoms with Crippen molar-refractivity contribution in [1.82, 2.24) is 4.31 Å². The molecule has 6 nitrogen and oxygen atoms in total. The van der Waals surface area contributed by atoms with Crippen LogP contribution < -0.4 is 11.1 Å². The Morgan fingerprint density at radius 2 is 1.76 bits per heavy atom. The summed E-state index contributed by atoms with van der Waals surface area (Å²) in [5.74, 6) is -0.214. The van der Waals surface area contributed by atoms with Crippen LogP contribution >= 0.6 is 11.6 Å². The smallest absolute Gasteiger partial charge is 0.244 e. The Kier molecular flexibility index (Phi) is 7.87. The molecule has 0 atom stereocenters. The van der Waals surface area contributed by atoms with E-state index in [9.17, 15) is 13.2 Å². The van der Waals surface area contributed by atoms with Crippen LogP contribution in [0.3, 0.4) is 0 Å². The summed E-state index contributed by atoms with van der Waals surface area (Å²) in [5, 5.41) is 2.92. The second kappa shape index (κ2) is 8.98. The third-order valence-corrected chi connectivity index (χ3v) is 7.27. The predicted octanol–water partition coefficient (Wildman–Crippen LogP) is 3.07. The number of rotatable bonds is 9. The molecule has 3 N–H and O–H groups in total. The van der Waals surface area contributed by atoms with E-state index in [0.717, 1.165) is 0 Å². The SMILES string of the molecule is CCN(CC)S(=O)(=O)c1cc(NC(=O)C(CC)(CC)CN)ccc1Cl. The standard InChI is InChI=1S/C17H28ClN3O3S/c1-5-17(6-2,12-19)16(22)20-13-9-10-14(18)15(11-13)25(23,24)21(7-3)8-4/h9-11H,5-8,12,19H2,1-4H3,(H,20,22). The number of sulfonamides is 1. The molecule has 0 saturated heterocycles. The van der Waals surface area contributed by atoms with Crippen LogP contribution in [0.1, 0.15) is 40.5 Å². The van der Waals surface area contributed by atoms with E-state index in [1.165, 1.54) is 16.4 Å². The zero-order chi connectivity index (χ0) is 19.3. The molecule has 0 bridgehead atoms. The third-order valence-electron chi connectivity index (χ3n) is 4.74. The topological polar surface area (TPSA) is 92.5 Å². The molecule has 8 heteroatoms. The quantitative estimate of drug-likeness (QED) is 0.678. The zero-order valence-corrected chi connectivity index (χ0v) is 16.9. The number of halogens is 1. The maximum Gasteiger partial charge on any atom is 0.244 e. The number of carbonyl (C=O) groups is 1. The van der Waals surface area contributed by atoms with Crippen LogP contribution in [0.25, 0.3) is 0 Å². The summed E-state index contributed by atoms with van der Waals surface area (Å²) in [7, 11) is -3.72. The fraction of sp³-hybridized carbons (Fsp3) is 0.588. The highest BCUT2D eigenvalue weighted by Crippen LogP contribution is 2.30. The molecule has 142 valence electrons. The lowest BCUT2D eigenvalue weighted by atomic mass is 9.81. The minimum atomic E-state index is -3.72. The van der Waals surface area contributed by atoms with E-state index in [0.29, 0.717) is 31.6 Å². The van der Waals surface area contributed by atoms with Crippen LogP contribution in [-0.2, 0) is 14.8 Å². The number of hydrogen-bond acceptors (Lipinski definition) is 4. The van der Waals surface area contributed by atoms with Crippen LogP contribution in [0.4, 0.5) is 5.69 Å². The van der Waals surface area contributed by atoms with Gasteiger partial charge in [0.2, 0.25) is 15.9 Å². The molecule has 1 rings (SSSR count). The first-order chi connectivity index (χ1) is 11.7. The average molecular weight is 390 g/mol. The fourth-order valence-corrected chi connectivity index (χ4v) is 4.66. The highest BCUT2D eigenvalue weighted by molar-refractivity contribution is 7.89. The summed E-state index contributed by atoms with van der Waals surface area (Å²) in [4.78, 5) is 12.6. The van der Waals surface area contributed by atoms with Gasteiger partial charge in [0, 0.05) is 25.3 Å². The molecule has 0 aliphatic rings. The minimum absolute atomic E-state index is 0.0120. The van der Waals surface area contributed by atoms with E-state index >= 15 is 0 Å². The first-order valence-electron chi connectivity index (χ1n) is 8.53. The van der Waals surface area contributed by atoms with Crippen molar-refractivity contribution in [2.24, 2.45) is 11.1 Å². The van der Waals surface area contributed by atoms with Crippen molar-refractivity contribution in [2.45, 2.75) is 45.4 Å². The molecule has 1 aromatic rings. The maximum atomic E-state index is 12.7. The Morgan fingerprint density at radius 3 is 2.20 bits per heavy atom. The number of nitrogens with zero attached hydrogens (tertiary/aromatic N) is 1. The largest absolute Gasteiger partial charge is 0.329 e. The van der Waals surface area contributed by atoms with Crippen molar-refractivity contribution in [1.29, 1.82) is 0 Å². The lowest BCUT2D eigenvalue weighted by molar-refractivity contribution is -0.125. The van der Waals surface area contributed by atoms with Gasteiger partial charge in [0.1, 0.15) is 4.90 Å². The van der Waals surface area contributed by atoms with Gasteiger partial charge in [0.05, 0.1) is 10.4 Å². The Balaban J connectivity index is 3.24. The summed E-state index contributed by atoms with van der Waals surface area (Å²) in [6, 6.07) is 4.48. The lowest BCUT2D eigenvalue weighted by Gasteiger charge is -2.28. The molecule has 0 unspecified atom stereocenters. The van der Waals surface area contributed by atoms with Crippen LogP contribution in [0.15, 0.2) is 23.1 Å². The van der Waals surface area contributed by atoms with Gasteiger partial charge >= 0.3 is 0 Å². The van der Waals surface area contributed by atoms with E-state index in [1.807, 2.05) is 13.8 Å². The number of nitrogens with one attached hydrogen (secondary N) is 1. The molecule has 0 fully saturated rings. The average Bonchev–Trinajstić information content (AvgIpc) is 2.59. The van der Waals surface area contributed by atoms with Gasteiger partial charge in [-0.05, 0) is 31.0 Å². The molecular weight excluding hydrogens is 362 g/mol. The summed E-state index contributed by atoms with van der Waals surface area (Å²) in [6.07, 6.45) is 1.20. The summed E-state index contributed by atoms with van der Waals surface area (Å²) in [5.41, 5.74) is 5.52. The van der Waals surface area contributed by atoms with Crippen LogP contribution in [0.5, 0.6) is 0 Å². The summed E-state index contributed by atoms with van der Waals surface area (Å²) >= 11 is 6.11. The molecule has 0 radical (unpaired) electrons. The van der Waals surface area contributed by atoms with Crippen LogP contribution in [-0.4, -0.2) is 38.3 Å². The maximum absolute atomic E-state index is 12.7. The lowest BCUT2D eigenvalue weighted by Crippen LogP contribution is -2.41. The van der Waals surface area contributed by atoms with E-state index < -0.39 is 15.4 Å². The molecule has 0 aliphatic carbocycles. The Labute approximate surface area is 155 Å². The third kappa shape index (κ3) is 4.53. The van der Waals surface area contributed by atoms with Crippen molar-refractivity contribution < 1.29 is 13.2 Å². The van der Waals surface area contributed by atoms with Crippen molar-refractivity contribution >= 4 is 33.2 Å². The number of amides is 1. The van der Waals surface area contributed by atoms with E-state index in [4.69, 9.17) is 17.3 Å². The van der Waals surface area contributed by atoms with Gasteiger partial charge in [-0.1, -0.05) is 39.3 Å². The molecule has 0 aliphatic heterocycles. The van der Waals surface area contributed by atoms with Crippen molar-refractivity contribution in [2.75, 3.05) is 25.0 Å². The second-order valence-corrected chi connectivity index (χ2v) is 8.19. The fourth-order valence-electron chi connectivity index (χ4n) is 2.70. The number of hydrogen-bond donors (Lipinski definition) is 2. The number of carbonyl (C=O) groups excluding carboxylic acids is 1. The molecule has 0 saturated carbocycles. The molecular formula is C17H28ClN3O3S. The first kappa shape index (κ1) is 21.9. The monoisotopic (exact) mass is 389 g/mol. The molecule has 0 heterocycles. The van der Waals surface area contributed by atoms with Crippen molar-refractivity contribution in [3.05, 3.63) is 23.2 Å². The van der Waals surface area contributed by atoms with Gasteiger partial charge in [0.25, 0.3) is 0 Å². The van der Waals surface area contributed by atoms with Gasteiger partial charge in [-0.25, -0.2) is 8.42 Å². The highest BCUT2D eigenvalue weighted by Gasteiger charge is 2.33. The summed E-state index contributed by atoms with van der Waals surface area (Å²) < 4.78 is 26.8. The Bertz CT molecular complexity index is 691. The predicted molar refractivity (Wildman–Crippen MR) is 102 cm³/mol. The highest BCUT2D eigenvalue weighted by atomic mass is 35.5. The van der Waals surface area contributed by atoms with Gasteiger partial charge in [-0.15, -0.1) is 0 Å². The molecule has 0 aromatic heterocycles. The summed E-state index contributed by atoms with van der Waals surface area (Å²) in [6.45, 7) is 8.25. The number of anilines is 1. The zero-order valence-electron chi connectivity index (χ0n) is 15.3. The van der Waals surface area contributed by atoms with E-state index in [2.05, 4.69) is 5.32 Å². The first-order valence-corrected chi connectivity index (χ1v) is 10.3. The Morgan fingerprint density at radius 1 is 1.20 bits per heavy atom. The normalized spacial score (nSPS) is 12.4. The molecule has 1 amide bonds. The van der Waals surface area contributed by atoms with Crippen molar-refractivity contribution in [3.63, 3.8) is 0 Å². The van der Waals surface area contributed by atoms with Gasteiger partial charge in [-0.2, -0.15) is 4.31 Å². The van der Waals surface area contributed by atoms with E-state index in [-0.39, 0.29) is 22.4 Å². The van der Waals surface area contributed by atoms with Gasteiger partial charge < -0.3 is 11.1 Å². The minimum Gasteiger partial charge on any atom is -0.329 e. The molecule has 25 heavy (non-hydrogen) atoms. The molecule has 0 spiro atoms.